The molecule has 0 amide bonds. The fraction of sp³-hybridized carbons (Fsp3) is 0.312. The van der Waals surface area contributed by atoms with Crippen LogP contribution in [0.1, 0.15) is 42.4 Å². The van der Waals surface area contributed by atoms with Crippen molar-refractivity contribution in [2.45, 2.75) is 32.7 Å². The molecule has 0 bridgehead atoms. The average molecular weight is 319 g/mol. The maximum Gasteiger partial charge on any atom is 0.0553 e. The molecule has 0 aliphatic rings. The highest BCUT2D eigenvalue weighted by atomic mass is 79.9. The molecule has 2 N–H and O–H groups in total. The lowest BCUT2D eigenvalue weighted by molar-refractivity contribution is 0.843. The van der Waals surface area contributed by atoms with Crippen molar-refractivity contribution in [3.8, 4) is 0 Å². The second-order valence-electron chi connectivity index (χ2n) is 4.62. The number of benzene rings is 1. The normalized spacial score (nSPS) is 12.4. The average Bonchev–Trinajstić information content (AvgIpc) is 2.45. The first-order valence-electron chi connectivity index (χ1n) is 6.64. The lowest BCUT2D eigenvalue weighted by Crippen LogP contribution is -2.13. The van der Waals surface area contributed by atoms with E-state index >= 15 is 0 Å². The van der Waals surface area contributed by atoms with Crippen molar-refractivity contribution >= 4 is 15.9 Å². The van der Waals surface area contributed by atoms with Crippen LogP contribution in [0.25, 0.3) is 0 Å². The van der Waals surface area contributed by atoms with Crippen LogP contribution in [0.5, 0.6) is 0 Å². The Morgan fingerprint density at radius 1 is 1.05 bits per heavy atom. The van der Waals surface area contributed by atoms with Crippen molar-refractivity contribution in [3.63, 3.8) is 0 Å². The van der Waals surface area contributed by atoms with Gasteiger partial charge in [0.2, 0.25) is 0 Å². The van der Waals surface area contributed by atoms with Crippen LogP contribution in [0.15, 0.2) is 40.9 Å². The molecule has 2 aromatic rings. The zero-order valence-corrected chi connectivity index (χ0v) is 12.9. The van der Waals surface area contributed by atoms with Crippen LogP contribution >= 0.6 is 15.9 Å². The zero-order valence-electron chi connectivity index (χ0n) is 11.4. The van der Waals surface area contributed by atoms with Crippen LogP contribution < -0.4 is 5.73 Å². The Labute approximate surface area is 123 Å². The molecule has 0 spiro atoms. The highest BCUT2D eigenvalue weighted by Crippen LogP contribution is 2.23. The van der Waals surface area contributed by atoms with Crippen molar-refractivity contribution in [2.24, 2.45) is 5.73 Å². The molecule has 0 fully saturated rings. The summed E-state index contributed by atoms with van der Waals surface area (Å²) in [6, 6.07) is 12.3. The first kappa shape index (κ1) is 14.2. The van der Waals surface area contributed by atoms with Gasteiger partial charge in [0, 0.05) is 15.9 Å². The fourth-order valence-electron chi connectivity index (χ4n) is 2.11. The lowest BCUT2D eigenvalue weighted by Gasteiger charge is -2.15. The second kappa shape index (κ2) is 6.31. The molecule has 1 atom stereocenters. The highest BCUT2D eigenvalue weighted by molar-refractivity contribution is 9.10. The quantitative estimate of drug-likeness (QED) is 0.924. The molecule has 1 heterocycles. The molecular formula is C16H19BrN2. The van der Waals surface area contributed by atoms with Crippen molar-refractivity contribution in [2.75, 3.05) is 0 Å². The number of rotatable bonds is 4. The van der Waals surface area contributed by atoms with Crippen molar-refractivity contribution in [3.05, 3.63) is 63.4 Å². The summed E-state index contributed by atoms with van der Waals surface area (Å²) in [6.45, 7) is 4.24. The Balaban J connectivity index is 2.40. The van der Waals surface area contributed by atoms with Crippen LogP contribution in [0.4, 0.5) is 0 Å². The smallest absolute Gasteiger partial charge is 0.0553 e. The van der Waals surface area contributed by atoms with E-state index in [0.29, 0.717) is 0 Å². The van der Waals surface area contributed by atoms with E-state index in [1.54, 1.807) is 0 Å². The van der Waals surface area contributed by atoms with Gasteiger partial charge < -0.3 is 5.73 Å². The second-order valence-corrected chi connectivity index (χ2v) is 5.54. The first-order valence-corrected chi connectivity index (χ1v) is 7.44. The van der Waals surface area contributed by atoms with E-state index in [2.05, 4.69) is 59.0 Å². The molecule has 0 saturated carbocycles. The predicted molar refractivity (Wildman–Crippen MR) is 83.2 cm³/mol. The molecule has 1 unspecified atom stereocenters. The van der Waals surface area contributed by atoms with Gasteiger partial charge in [0.1, 0.15) is 0 Å². The SMILES string of the molecule is CCc1cc(C(N)c2cccc(Br)c2)cc(CC)n1. The topological polar surface area (TPSA) is 38.9 Å². The first-order chi connectivity index (χ1) is 9.13. The fourth-order valence-corrected chi connectivity index (χ4v) is 2.53. The molecule has 2 nitrogen and oxygen atoms in total. The van der Waals surface area contributed by atoms with Crippen molar-refractivity contribution < 1.29 is 0 Å². The number of aromatic nitrogens is 1. The highest BCUT2D eigenvalue weighted by Gasteiger charge is 2.11. The molecule has 3 heteroatoms. The monoisotopic (exact) mass is 318 g/mol. The van der Waals surface area contributed by atoms with Gasteiger partial charge in [0.15, 0.2) is 0 Å². The molecular weight excluding hydrogens is 300 g/mol. The summed E-state index contributed by atoms with van der Waals surface area (Å²) in [4.78, 5) is 4.60. The van der Waals surface area contributed by atoms with Crippen LogP contribution in [-0.2, 0) is 12.8 Å². The summed E-state index contributed by atoms with van der Waals surface area (Å²) in [5.41, 5.74) is 10.9. The van der Waals surface area contributed by atoms with Crippen molar-refractivity contribution in [1.82, 2.24) is 4.98 Å². The number of nitrogens with zero attached hydrogens (tertiary/aromatic N) is 1. The van der Waals surface area contributed by atoms with E-state index in [0.717, 1.165) is 39.8 Å². The van der Waals surface area contributed by atoms with E-state index in [9.17, 15) is 0 Å². The summed E-state index contributed by atoms with van der Waals surface area (Å²) < 4.78 is 1.06. The Hall–Kier alpha value is -1.19. The third-order valence-electron chi connectivity index (χ3n) is 3.25. The Morgan fingerprint density at radius 3 is 2.21 bits per heavy atom. The van der Waals surface area contributed by atoms with Gasteiger partial charge in [-0.15, -0.1) is 0 Å². The molecule has 0 aliphatic heterocycles. The van der Waals surface area contributed by atoms with Crippen LogP contribution in [0, 0.1) is 0 Å². The molecule has 0 radical (unpaired) electrons. The van der Waals surface area contributed by atoms with Gasteiger partial charge in [-0.2, -0.15) is 0 Å². The van der Waals surface area contributed by atoms with Crippen LogP contribution in [0.3, 0.4) is 0 Å². The van der Waals surface area contributed by atoms with Gasteiger partial charge in [-0.25, -0.2) is 0 Å². The standard InChI is InChI=1S/C16H19BrN2/c1-3-14-9-12(10-15(4-2)19-14)16(18)11-6-5-7-13(17)8-11/h5-10,16H,3-4,18H2,1-2H3. The number of hydrogen-bond acceptors (Lipinski definition) is 2. The van der Waals surface area contributed by atoms with E-state index in [4.69, 9.17) is 5.73 Å². The maximum atomic E-state index is 6.38. The van der Waals surface area contributed by atoms with Crippen LogP contribution in [0.2, 0.25) is 0 Å². The zero-order chi connectivity index (χ0) is 13.8. The number of halogens is 1. The van der Waals surface area contributed by atoms with E-state index in [1.165, 1.54) is 0 Å². The minimum Gasteiger partial charge on any atom is -0.320 e. The van der Waals surface area contributed by atoms with Crippen LogP contribution in [-0.4, -0.2) is 4.98 Å². The number of pyridine rings is 1. The summed E-state index contributed by atoms with van der Waals surface area (Å²) in [7, 11) is 0. The van der Waals surface area contributed by atoms with Gasteiger partial charge in [0.05, 0.1) is 6.04 Å². The minimum atomic E-state index is -0.101. The van der Waals surface area contributed by atoms with E-state index in [-0.39, 0.29) is 6.04 Å². The summed E-state index contributed by atoms with van der Waals surface area (Å²) >= 11 is 3.49. The molecule has 19 heavy (non-hydrogen) atoms. The predicted octanol–water partition coefficient (Wildman–Crippen LogP) is 4.02. The Kier molecular flexibility index (Phi) is 4.72. The van der Waals surface area contributed by atoms with Gasteiger partial charge in [-0.05, 0) is 48.2 Å². The summed E-state index contributed by atoms with van der Waals surface area (Å²) in [5.74, 6) is 0. The molecule has 0 aliphatic carbocycles. The number of hydrogen-bond donors (Lipinski definition) is 1. The summed E-state index contributed by atoms with van der Waals surface area (Å²) in [6.07, 6.45) is 1.87. The summed E-state index contributed by atoms with van der Waals surface area (Å²) in [5, 5.41) is 0. The molecule has 100 valence electrons. The number of aryl methyl sites for hydroxylation is 2. The van der Waals surface area contributed by atoms with Gasteiger partial charge in [-0.1, -0.05) is 41.9 Å². The van der Waals surface area contributed by atoms with Gasteiger partial charge in [0.25, 0.3) is 0 Å². The maximum absolute atomic E-state index is 6.38. The van der Waals surface area contributed by atoms with E-state index in [1.807, 2.05) is 12.1 Å². The number of nitrogens with two attached hydrogens (primary N) is 1. The molecule has 1 aromatic heterocycles. The largest absolute Gasteiger partial charge is 0.320 e. The Bertz CT molecular complexity index is 544. The molecule has 2 rings (SSSR count). The van der Waals surface area contributed by atoms with Gasteiger partial charge in [-0.3, -0.25) is 4.98 Å². The molecule has 0 saturated heterocycles. The minimum absolute atomic E-state index is 0.101. The molecule has 1 aromatic carbocycles. The lowest BCUT2D eigenvalue weighted by atomic mass is 9.98. The third-order valence-corrected chi connectivity index (χ3v) is 3.74. The van der Waals surface area contributed by atoms with Gasteiger partial charge >= 0.3 is 0 Å². The van der Waals surface area contributed by atoms with E-state index < -0.39 is 0 Å². The Morgan fingerprint density at radius 2 is 1.68 bits per heavy atom. The third kappa shape index (κ3) is 3.43. The van der Waals surface area contributed by atoms with Crippen molar-refractivity contribution in [1.29, 1.82) is 0 Å².